The van der Waals surface area contributed by atoms with Gasteiger partial charge in [0, 0.05) is 6.20 Å². The average molecular weight is 241 g/mol. The van der Waals surface area contributed by atoms with Gasteiger partial charge in [0.15, 0.2) is 0 Å². The summed E-state index contributed by atoms with van der Waals surface area (Å²) in [6.45, 7) is 4.36. The van der Waals surface area contributed by atoms with E-state index in [1.54, 1.807) is 0 Å². The van der Waals surface area contributed by atoms with E-state index in [1.165, 1.54) is 12.0 Å². The lowest BCUT2D eigenvalue weighted by Crippen LogP contribution is -2.16. The number of aromatic nitrogens is 2. The summed E-state index contributed by atoms with van der Waals surface area (Å²) in [6.07, 6.45) is 5.49. The second-order valence-corrected chi connectivity index (χ2v) is 4.96. The first kappa shape index (κ1) is 11.5. The van der Waals surface area contributed by atoms with E-state index in [0.29, 0.717) is 5.92 Å². The van der Waals surface area contributed by atoms with E-state index >= 15 is 0 Å². The second-order valence-electron chi connectivity index (χ2n) is 4.96. The zero-order valence-electron chi connectivity index (χ0n) is 10.7. The van der Waals surface area contributed by atoms with Gasteiger partial charge >= 0.3 is 0 Å². The van der Waals surface area contributed by atoms with Crippen molar-refractivity contribution in [2.75, 3.05) is 13.1 Å². The normalized spacial score (nSPS) is 22.1. The molecule has 18 heavy (non-hydrogen) atoms. The van der Waals surface area contributed by atoms with Gasteiger partial charge in [0.05, 0.1) is 11.9 Å². The second kappa shape index (κ2) is 4.94. The van der Waals surface area contributed by atoms with E-state index in [9.17, 15) is 0 Å². The molecule has 2 atom stereocenters. The van der Waals surface area contributed by atoms with E-state index in [0.717, 1.165) is 24.7 Å². The molecule has 2 aromatic rings. The maximum Gasteiger partial charge on any atom is 0.0645 e. The highest BCUT2D eigenvalue weighted by atomic mass is 15.3. The van der Waals surface area contributed by atoms with Crippen LogP contribution in [-0.2, 0) is 0 Å². The fourth-order valence-corrected chi connectivity index (χ4v) is 2.46. The Kier molecular flexibility index (Phi) is 3.15. The van der Waals surface area contributed by atoms with Crippen molar-refractivity contribution in [2.45, 2.75) is 19.3 Å². The van der Waals surface area contributed by atoms with Crippen LogP contribution in [0.15, 0.2) is 42.7 Å². The van der Waals surface area contributed by atoms with E-state index in [4.69, 9.17) is 0 Å². The first-order valence-electron chi connectivity index (χ1n) is 6.69. The highest BCUT2D eigenvalue weighted by Gasteiger charge is 2.38. The molecule has 0 amide bonds. The molecule has 3 nitrogen and oxygen atoms in total. The molecule has 0 radical (unpaired) electrons. The first-order valence-corrected chi connectivity index (χ1v) is 6.69. The van der Waals surface area contributed by atoms with Gasteiger partial charge in [-0.15, -0.1) is 0 Å². The summed E-state index contributed by atoms with van der Waals surface area (Å²) in [4.78, 5) is 0. The molecule has 1 saturated carbocycles. The van der Waals surface area contributed by atoms with Crippen LogP contribution in [0.4, 0.5) is 0 Å². The van der Waals surface area contributed by atoms with Crippen LogP contribution in [0.25, 0.3) is 5.69 Å². The lowest BCUT2D eigenvalue weighted by Gasteiger charge is -2.00. The fraction of sp³-hybridized carbons (Fsp3) is 0.400. The molecule has 0 spiro atoms. The molecular formula is C15H19N3. The standard InChI is InChI=1S/C15H19N3/c1-2-16-9-12-8-15(12)13-10-17-18(11-13)14-6-4-3-5-7-14/h3-7,10-12,15-16H,2,8-9H2,1H3. The van der Waals surface area contributed by atoms with Crippen molar-refractivity contribution in [1.29, 1.82) is 0 Å². The minimum Gasteiger partial charge on any atom is -0.317 e. The molecule has 1 aliphatic rings. The highest BCUT2D eigenvalue weighted by Crippen LogP contribution is 2.46. The summed E-state index contributed by atoms with van der Waals surface area (Å²) in [5, 5.41) is 7.88. The van der Waals surface area contributed by atoms with E-state index < -0.39 is 0 Å². The Hall–Kier alpha value is -1.61. The molecule has 0 aliphatic heterocycles. The van der Waals surface area contributed by atoms with Gasteiger partial charge in [-0.2, -0.15) is 5.10 Å². The Bertz CT molecular complexity index is 503. The topological polar surface area (TPSA) is 29.9 Å². The summed E-state index contributed by atoms with van der Waals surface area (Å²) in [7, 11) is 0. The predicted molar refractivity (Wildman–Crippen MR) is 73.0 cm³/mol. The number of rotatable bonds is 5. The monoisotopic (exact) mass is 241 g/mol. The third-order valence-electron chi connectivity index (χ3n) is 3.63. The Morgan fingerprint density at radius 3 is 2.94 bits per heavy atom. The largest absolute Gasteiger partial charge is 0.317 e. The highest BCUT2D eigenvalue weighted by molar-refractivity contribution is 5.32. The van der Waals surface area contributed by atoms with Crippen molar-refractivity contribution < 1.29 is 0 Å². The molecule has 94 valence electrons. The van der Waals surface area contributed by atoms with Gasteiger partial charge in [-0.1, -0.05) is 25.1 Å². The molecule has 0 saturated heterocycles. The zero-order chi connectivity index (χ0) is 12.4. The van der Waals surface area contributed by atoms with Crippen molar-refractivity contribution >= 4 is 0 Å². The number of hydrogen-bond acceptors (Lipinski definition) is 2. The van der Waals surface area contributed by atoms with Crippen molar-refractivity contribution in [2.24, 2.45) is 5.92 Å². The van der Waals surface area contributed by atoms with Crippen LogP contribution in [-0.4, -0.2) is 22.9 Å². The quantitative estimate of drug-likeness (QED) is 0.872. The third-order valence-corrected chi connectivity index (χ3v) is 3.63. The smallest absolute Gasteiger partial charge is 0.0645 e. The SMILES string of the molecule is CCNCC1CC1c1cnn(-c2ccccc2)c1. The van der Waals surface area contributed by atoms with Crippen LogP contribution in [0.3, 0.4) is 0 Å². The summed E-state index contributed by atoms with van der Waals surface area (Å²) < 4.78 is 1.97. The molecule has 1 heterocycles. The molecule has 3 rings (SSSR count). The Balaban J connectivity index is 1.68. The van der Waals surface area contributed by atoms with E-state index in [-0.39, 0.29) is 0 Å². The Morgan fingerprint density at radius 2 is 2.17 bits per heavy atom. The summed E-state index contributed by atoms with van der Waals surface area (Å²) in [6, 6.07) is 10.3. The van der Waals surface area contributed by atoms with Gasteiger partial charge in [-0.05, 0) is 49.0 Å². The summed E-state index contributed by atoms with van der Waals surface area (Å²) in [5.41, 5.74) is 2.51. The molecule has 0 bridgehead atoms. The maximum atomic E-state index is 4.46. The molecule has 1 aromatic heterocycles. The van der Waals surface area contributed by atoms with Crippen molar-refractivity contribution in [3.8, 4) is 5.69 Å². The lowest BCUT2D eigenvalue weighted by molar-refractivity contribution is 0.649. The van der Waals surface area contributed by atoms with Crippen LogP contribution in [0.1, 0.15) is 24.8 Å². The lowest BCUT2D eigenvalue weighted by atomic mass is 10.2. The van der Waals surface area contributed by atoms with Gasteiger partial charge < -0.3 is 5.32 Å². The molecule has 1 aromatic carbocycles. The number of benzene rings is 1. The minimum absolute atomic E-state index is 0.710. The number of para-hydroxylation sites is 1. The Morgan fingerprint density at radius 1 is 1.33 bits per heavy atom. The molecule has 2 unspecified atom stereocenters. The van der Waals surface area contributed by atoms with Crippen molar-refractivity contribution in [3.63, 3.8) is 0 Å². The minimum atomic E-state index is 0.710. The molecule has 1 aliphatic carbocycles. The Labute approximate surface area is 108 Å². The van der Waals surface area contributed by atoms with Gasteiger partial charge in [0.25, 0.3) is 0 Å². The summed E-state index contributed by atoms with van der Waals surface area (Å²) in [5.74, 6) is 1.51. The molecular weight excluding hydrogens is 222 g/mol. The summed E-state index contributed by atoms with van der Waals surface area (Å²) >= 11 is 0. The van der Waals surface area contributed by atoms with Crippen LogP contribution in [0.5, 0.6) is 0 Å². The number of hydrogen-bond donors (Lipinski definition) is 1. The first-order chi connectivity index (χ1) is 8.88. The van der Waals surface area contributed by atoms with Crippen LogP contribution < -0.4 is 5.32 Å². The molecule has 1 N–H and O–H groups in total. The van der Waals surface area contributed by atoms with Crippen molar-refractivity contribution in [1.82, 2.24) is 15.1 Å². The molecule has 3 heteroatoms. The average Bonchev–Trinajstić information content (AvgIpc) is 3.03. The van der Waals surface area contributed by atoms with Crippen molar-refractivity contribution in [3.05, 3.63) is 48.3 Å². The van der Waals surface area contributed by atoms with Crippen LogP contribution >= 0.6 is 0 Å². The fourth-order valence-electron chi connectivity index (χ4n) is 2.46. The third kappa shape index (κ3) is 2.31. The van der Waals surface area contributed by atoms with E-state index in [1.807, 2.05) is 29.1 Å². The van der Waals surface area contributed by atoms with E-state index in [2.05, 4.69) is 35.7 Å². The van der Waals surface area contributed by atoms with Gasteiger partial charge in [0.2, 0.25) is 0 Å². The predicted octanol–water partition coefficient (Wildman–Crippen LogP) is 2.59. The van der Waals surface area contributed by atoms with Gasteiger partial charge in [-0.25, -0.2) is 4.68 Å². The maximum absolute atomic E-state index is 4.46. The number of nitrogens with zero attached hydrogens (tertiary/aromatic N) is 2. The molecule has 1 fully saturated rings. The van der Waals surface area contributed by atoms with Gasteiger partial charge in [-0.3, -0.25) is 0 Å². The van der Waals surface area contributed by atoms with Gasteiger partial charge in [0.1, 0.15) is 0 Å². The zero-order valence-corrected chi connectivity index (χ0v) is 10.7. The van der Waals surface area contributed by atoms with Crippen LogP contribution in [0, 0.1) is 5.92 Å². The van der Waals surface area contributed by atoms with Crippen LogP contribution in [0.2, 0.25) is 0 Å². The number of nitrogens with one attached hydrogen (secondary N) is 1.